The molecule has 0 saturated carbocycles. The lowest BCUT2D eigenvalue weighted by Gasteiger charge is -2.23. The third-order valence-corrected chi connectivity index (χ3v) is 3.86. The first kappa shape index (κ1) is 19.2. The largest absolute Gasteiger partial charge is 0.508 e. The summed E-state index contributed by atoms with van der Waals surface area (Å²) in [5.41, 5.74) is 1.30. The molecule has 4 heteroatoms. The van der Waals surface area contributed by atoms with E-state index in [1.807, 2.05) is 62.4 Å². The van der Waals surface area contributed by atoms with E-state index in [4.69, 9.17) is 0 Å². The van der Waals surface area contributed by atoms with Crippen LogP contribution in [0.15, 0.2) is 82.8 Å². The fourth-order valence-electron chi connectivity index (χ4n) is 2.60. The maximum atomic E-state index is 10.4. The maximum Gasteiger partial charge on any atom is 0.121 e. The monoisotopic (exact) mass is 348 g/mol. The molecule has 0 saturated heterocycles. The molecule has 0 heterocycles. The molecule has 0 aliphatic carbocycles. The van der Waals surface area contributed by atoms with E-state index in [1.165, 1.54) is 0 Å². The lowest BCUT2D eigenvalue weighted by atomic mass is 9.93. The Morgan fingerprint density at radius 1 is 0.692 bits per heavy atom. The molecule has 2 atom stereocenters. The topological polar surface area (TPSA) is 65.2 Å². The summed E-state index contributed by atoms with van der Waals surface area (Å²) in [5, 5.41) is 20.7. The van der Waals surface area contributed by atoms with E-state index < -0.39 is 12.1 Å². The molecule has 2 aromatic rings. The second-order valence-electron chi connectivity index (χ2n) is 5.66. The van der Waals surface area contributed by atoms with Crippen molar-refractivity contribution in [2.45, 2.75) is 25.9 Å². The summed E-state index contributed by atoms with van der Waals surface area (Å²) in [6, 6.07) is 13.2. The van der Waals surface area contributed by atoms with Crippen LogP contribution < -0.4 is 0 Å². The van der Waals surface area contributed by atoms with Gasteiger partial charge in [-0.1, -0.05) is 48.6 Å². The van der Waals surface area contributed by atoms with Crippen LogP contribution in [0.3, 0.4) is 0 Å². The molecule has 0 bridgehead atoms. The quantitative estimate of drug-likeness (QED) is 0.678. The zero-order valence-electron chi connectivity index (χ0n) is 15.0. The van der Waals surface area contributed by atoms with E-state index in [0.717, 1.165) is 0 Å². The Morgan fingerprint density at radius 2 is 1.08 bits per heavy atom. The number of hydrogen-bond donors (Lipinski definition) is 2. The zero-order chi connectivity index (χ0) is 18.8. The number of phenolic OH excluding ortho intramolecular Hbond substituents is 2. The number of phenols is 2. The first-order valence-corrected chi connectivity index (χ1v) is 8.53. The molecular weight excluding hydrogens is 324 g/mol. The Hall–Kier alpha value is -3.14. The van der Waals surface area contributed by atoms with E-state index in [1.54, 1.807) is 36.7 Å². The number of aromatic hydroxyl groups is 2. The third kappa shape index (κ3) is 4.93. The van der Waals surface area contributed by atoms with Crippen molar-refractivity contribution in [2.24, 2.45) is 9.98 Å². The predicted octanol–water partition coefficient (Wildman–Crippen LogP) is 5.17. The van der Waals surface area contributed by atoms with Gasteiger partial charge in [-0.05, 0) is 38.1 Å². The summed E-state index contributed by atoms with van der Waals surface area (Å²) in [7, 11) is 0. The van der Waals surface area contributed by atoms with Crippen molar-refractivity contribution in [3.8, 4) is 11.5 Å². The summed E-state index contributed by atoms with van der Waals surface area (Å²) in [6.45, 7) is 3.82. The molecule has 2 unspecified atom stereocenters. The van der Waals surface area contributed by atoms with Crippen molar-refractivity contribution in [1.82, 2.24) is 0 Å². The third-order valence-electron chi connectivity index (χ3n) is 3.86. The molecule has 2 rings (SSSR count). The van der Waals surface area contributed by atoms with Crippen LogP contribution in [0.25, 0.3) is 0 Å². The van der Waals surface area contributed by atoms with Gasteiger partial charge in [-0.25, -0.2) is 0 Å². The molecule has 0 aromatic heterocycles. The van der Waals surface area contributed by atoms with Gasteiger partial charge in [0, 0.05) is 23.6 Å². The Labute approximate surface area is 154 Å². The van der Waals surface area contributed by atoms with E-state index in [9.17, 15) is 10.2 Å². The van der Waals surface area contributed by atoms with Crippen LogP contribution in [0.1, 0.15) is 37.1 Å². The standard InChI is InChI=1S/C22H24N2O2/c1-3-5-15-23-21(17-11-7-9-13-19(17)25)22(24-16-6-4-2)18-12-8-10-14-20(18)26/h3-16,21-22,25-26H,1-2H3/b5-3+,6-4+,23-15?,24-16?. The average Bonchev–Trinajstić information content (AvgIpc) is 2.65. The molecule has 0 aliphatic rings. The van der Waals surface area contributed by atoms with E-state index in [2.05, 4.69) is 9.98 Å². The number of para-hydroxylation sites is 2. The molecule has 0 spiro atoms. The average molecular weight is 348 g/mol. The number of aliphatic imine (C=N–C) groups is 2. The van der Waals surface area contributed by atoms with Gasteiger partial charge in [0.2, 0.25) is 0 Å². The van der Waals surface area contributed by atoms with Crippen molar-refractivity contribution in [3.05, 3.63) is 84.0 Å². The van der Waals surface area contributed by atoms with Crippen molar-refractivity contribution in [1.29, 1.82) is 0 Å². The van der Waals surface area contributed by atoms with E-state index in [-0.39, 0.29) is 11.5 Å². The molecule has 134 valence electrons. The fourth-order valence-corrected chi connectivity index (χ4v) is 2.60. The number of benzene rings is 2. The minimum atomic E-state index is -0.484. The normalized spacial score (nSPS) is 14.7. The zero-order valence-corrected chi connectivity index (χ0v) is 15.0. The van der Waals surface area contributed by atoms with Crippen molar-refractivity contribution in [3.63, 3.8) is 0 Å². The van der Waals surface area contributed by atoms with Gasteiger partial charge >= 0.3 is 0 Å². The van der Waals surface area contributed by atoms with Gasteiger partial charge in [0.05, 0.1) is 0 Å². The molecule has 26 heavy (non-hydrogen) atoms. The number of allylic oxidation sites excluding steroid dienone is 4. The summed E-state index contributed by atoms with van der Waals surface area (Å²) < 4.78 is 0. The summed E-state index contributed by atoms with van der Waals surface area (Å²) in [4.78, 5) is 9.24. The van der Waals surface area contributed by atoms with Crippen molar-refractivity contribution in [2.75, 3.05) is 0 Å². The second kappa shape index (κ2) is 9.99. The minimum Gasteiger partial charge on any atom is -0.508 e. The van der Waals surface area contributed by atoms with Gasteiger partial charge in [-0.3, -0.25) is 9.98 Å². The van der Waals surface area contributed by atoms with Gasteiger partial charge in [-0.2, -0.15) is 0 Å². The maximum absolute atomic E-state index is 10.4. The molecule has 4 nitrogen and oxygen atoms in total. The lowest BCUT2D eigenvalue weighted by molar-refractivity contribution is 0.438. The number of rotatable bonds is 7. The van der Waals surface area contributed by atoms with Crippen molar-refractivity contribution >= 4 is 12.4 Å². The predicted molar refractivity (Wildman–Crippen MR) is 108 cm³/mol. The van der Waals surface area contributed by atoms with Crippen LogP contribution in [0.2, 0.25) is 0 Å². The van der Waals surface area contributed by atoms with Gasteiger partial charge in [0.1, 0.15) is 23.6 Å². The molecule has 2 aromatic carbocycles. The summed E-state index contributed by atoms with van der Waals surface area (Å²) >= 11 is 0. The highest BCUT2D eigenvalue weighted by Gasteiger charge is 2.27. The molecular formula is C22H24N2O2. The van der Waals surface area contributed by atoms with E-state index in [0.29, 0.717) is 11.1 Å². The molecule has 0 amide bonds. The van der Waals surface area contributed by atoms with E-state index >= 15 is 0 Å². The first-order valence-electron chi connectivity index (χ1n) is 8.53. The molecule has 0 aliphatic heterocycles. The summed E-state index contributed by atoms with van der Waals surface area (Å²) in [6.07, 6.45) is 10.8. The van der Waals surface area contributed by atoms with Gasteiger partial charge < -0.3 is 10.2 Å². The smallest absolute Gasteiger partial charge is 0.121 e. The Morgan fingerprint density at radius 3 is 1.42 bits per heavy atom. The van der Waals surface area contributed by atoms with Gasteiger partial charge in [0.25, 0.3) is 0 Å². The van der Waals surface area contributed by atoms with Gasteiger partial charge in [-0.15, -0.1) is 0 Å². The molecule has 0 radical (unpaired) electrons. The highest BCUT2D eigenvalue weighted by Crippen LogP contribution is 2.41. The van der Waals surface area contributed by atoms with Crippen LogP contribution in [-0.2, 0) is 0 Å². The highest BCUT2D eigenvalue weighted by atomic mass is 16.3. The second-order valence-corrected chi connectivity index (χ2v) is 5.66. The highest BCUT2D eigenvalue weighted by molar-refractivity contribution is 5.72. The van der Waals surface area contributed by atoms with Crippen LogP contribution in [0.5, 0.6) is 11.5 Å². The van der Waals surface area contributed by atoms with Gasteiger partial charge in [0.15, 0.2) is 0 Å². The Balaban J connectivity index is 2.60. The Bertz CT molecular complexity index is 753. The molecule has 0 fully saturated rings. The van der Waals surface area contributed by atoms with Crippen molar-refractivity contribution < 1.29 is 10.2 Å². The fraction of sp³-hybridized carbons (Fsp3) is 0.182. The minimum absolute atomic E-state index is 0.150. The van der Waals surface area contributed by atoms with Crippen LogP contribution in [0.4, 0.5) is 0 Å². The van der Waals surface area contributed by atoms with Crippen LogP contribution >= 0.6 is 0 Å². The first-order chi connectivity index (χ1) is 12.7. The SMILES string of the molecule is C/C=C/C=NC(c1ccccc1O)C(N=C/C=C/C)c1ccccc1O. The van der Waals surface area contributed by atoms with Crippen LogP contribution in [0, 0.1) is 0 Å². The number of nitrogens with zero attached hydrogens (tertiary/aromatic N) is 2. The summed E-state index contributed by atoms with van der Waals surface area (Å²) in [5.74, 6) is 0.300. The molecule has 2 N–H and O–H groups in total. The Kier molecular flexibility index (Phi) is 7.37. The number of hydrogen-bond acceptors (Lipinski definition) is 4. The lowest BCUT2D eigenvalue weighted by Crippen LogP contribution is -2.09. The van der Waals surface area contributed by atoms with Crippen LogP contribution in [-0.4, -0.2) is 22.6 Å².